The fourth-order valence-corrected chi connectivity index (χ4v) is 1.29. The van der Waals surface area contributed by atoms with Gasteiger partial charge >= 0.3 is 0 Å². The molecule has 0 N–H and O–H groups in total. The molecule has 0 unspecified atom stereocenters. The molecule has 0 aromatic heterocycles. The predicted octanol–water partition coefficient (Wildman–Crippen LogP) is 3.31. The maximum Gasteiger partial charge on any atom is 0.119 e. The van der Waals surface area contributed by atoms with Gasteiger partial charge in [0.1, 0.15) is 5.75 Å². The first kappa shape index (κ1) is 7.52. The molecule has 2 aromatic rings. The van der Waals surface area contributed by atoms with Crippen LogP contribution < -0.4 is 4.74 Å². The second kappa shape index (κ2) is 5.20. The molecule has 0 fully saturated rings. The van der Waals surface area contributed by atoms with Gasteiger partial charge in [-0.3, -0.25) is 0 Å². The van der Waals surface area contributed by atoms with Crippen LogP contribution in [0.2, 0.25) is 0 Å². The van der Waals surface area contributed by atoms with E-state index in [2.05, 4.69) is 0 Å². The monoisotopic (exact) mass is 200 g/mol. The predicted molar refractivity (Wildman–Crippen MR) is 62.1 cm³/mol. The lowest BCUT2D eigenvalue weighted by atomic mass is 10.2. The molecule has 0 spiro atoms. The summed E-state index contributed by atoms with van der Waals surface area (Å²) in [6, 6.07) is 18.5. The van der Waals surface area contributed by atoms with Crippen molar-refractivity contribution >= 4 is 0 Å². The van der Waals surface area contributed by atoms with Crippen LogP contribution in [0.5, 0.6) is 5.75 Å². The average Bonchev–Trinajstić information content (AvgIpc) is 2.30. The van der Waals surface area contributed by atoms with Gasteiger partial charge in [-0.05, 0) is 17.7 Å². The Balaban J connectivity index is 2.04. The first-order chi connectivity index (χ1) is 8.16. The van der Waals surface area contributed by atoms with E-state index in [9.17, 15) is 0 Å². The van der Waals surface area contributed by atoms with E-state index < -0.39 is 6.56 Å². The third kappa shape index (κ3) is 3.13. The van der Waals surface area contributed by atoms with E-state index in [-0.39, 0.29) is 6.42 Å². The Morgan fingerprint density at radius 3 is 2.13 bits per heavy atom. The van der Waals surface area contributed by atoms with Gasteiger partial charge in [0.15, 0.2) is 0 Å². The van der Waals surface area contributed by atoms with Crippen molar-refractivity contribution in [1.29, 1.82) is 0 Å². The second-order valence-electron chi connectivity index (χ2n) is 3.22. The second-order valence-corrected chi connectivity index (χ2v) is 3.22. The molecular weight excluding hydrogens is 184 g/mol. The Morgan fingerprint density at radius 2 is 1.47 bits per heavy atom. The maximum absolute atomic E-state index is 7.85. The third-order valence-electron chi connectivity index (χ3n) is 2.05. The summed E-state index contributed by atoms with van der Waals surface area (Å²) < 4.78 is 21.0. The van der Waals surface area contributed by atoms with Crippen LogP contribution in [0.3, 0.4) is 0 Å². The molecule has 2 aromatic carbocycles. The van der Waals surface area contributed by atoms with Crippen molar-refractivity contribution in [3.63, 3.8) is 0 Å². The van der Waals surface area contributed by atoms with E-state index in [1.54, 1.807) is 12.1 Å². The SMILES string of the molecule is [2H]C([2H])(Cc1ccccc1)Oc1ccccc1. The van der Waals surface area contributed by atoms with Crippen LogP contribution in [0.15, 0.2) is 60.7 Å². The van der Waals surface area contributed by atoms with Crippen molar-refractivity contribution in [2.75, 3.05) is 6.56 Å². The van der Waals surface area contributed by atoms with E-state index in [0.29, 0.717) is 5.75 Å². The summed E-state index contributed by atoms with van der Waals surface area (Å²) in [6.45, 7) is -1.69. The van der Waals surface area contributed by atoms with E-state index >= 15 is 0 Å². The Hall–Kier alpha value is -1.76. The van der Waals surface area contributed by atoms with Gasteiger partial charge in [0, 0.05) is 6.42 Å². The van der Waals surface area contributed by atoms with Gasteiger partial charge in [0.05, 0.1) is 9.30 Å². The standard InChI is InChI=1S/C14H14O/c1-3-7-13(8-4-1)11-12-15-14-9-5-2-6-10-14/h1-10H,11-12H2/i12D2. The minimum atomic E-state index is -1.69. The summed E-state index contributed by atoms with van der Waals surface area (Å²) in [5.41, 5.74) is 0.924. The molecule has 0 bridgehead atoms. The molecule has 0 saturated heterocycles. The number of aryl methyl sites for hydroxylation is 1. The topological polar surface area (TPSA) is 9.23 Å². The summed E-state index contributed by atoms with van der Waals surface area (Å²) in [5, 5.41) is 0. The highest BCUT2D eigenvalue weighted by Crippen LogP contribution is 2.09. The molecule has 76 valence electrons. The fourth-order valence-electron chi connectivity index (χ4n) is 1.29. The number of rotatable bonds is 4. The van der Waals surface area contributed by atoms with E-state index in [0.717, 1.165) is 5.56 Å². The molecular formula is C14H14O. The van der Waals surface area contributed by atoms with Gasteiger partial charge in [0.2, 0.25) is 0 Å². The smallest absolute Gasteiger partial charge is 0.119 e. The van der Waals surface area contributed by atoms with Crippen LogP contribution in [-0.4, -0.2) is 6.56 Å². The molecule has 15 heavy (non-hydrogen) atoms. The van der Waals surface area contributed by atoms with E-state index in [1.807, 2.05) is 48.5 Å². The van der Waals surface area contributed by atoms with Gasteiger partial charge in [-0.15, -0.1) is 0 Å². The Bertz CT molecular complexity index is 411. The van der Waals surface area contributed by atoms with Gasteiger partial charge < -0.3 is 4.74 Å². The lowest BCUT2D eigenvalue weighted by Crippen LogP contribution is -2.00. The summed E-state index contributed by atoms with van der Waals surface area (Å²) in [6.07, 6.45) is 0.239. The van der Waals surface area contributed by atoms with E-state index in [4.69, 9.17) is 7.48 Å². The summed E-state index contributed by atoms with van der Waals surface area (Å²) in [7, 11) is 0. The number of hydrogen-bond donors (Lipinski definition) is 0. The maximum atomic E-state index is 7.85. The van der Waals surface area contributed by atoms with Crippen molar-refractivity contribution in [3.8, 4) is 5.75 Å². The zero-order valence-corrected chi connectivity index (χ0v) is 8.39. The number of benzene rings is 2. The zero-order valence-electron chi connectivity index (χ0n) is 10.4. The van der Waals surface area contributed by atoms with Crippen LogP contribution in [0.25, 0.3) is 0 Å². The normalized spacial score (nSPS) is 12.8. The first-order valence-electron chi connectivity index (χ1n) is 5.94. The minimum Gasteiger partial charge on any atom is -0.493 e. The molecule has 0 heterocycles. The number of hydrogen-bond acceptors (Lipinski definition) is 1. The van der Waals surface area contributed by atoms with Crippen molar-refractivity contribution < 1.29 is 7.48 Å². The Labute approximate surface area is 93.1 Å². The van der Waals surface area contributed by atoms with Crippen molar-refractivity contribution in [1.82, 2.24) is 0 Å². The molecule has 0 aliphatic carbocycles. The molecule has 2 rings (SSSR count). The zero-order chi connectivity index (χ0) is 12.1. The summed E-state index contributed by atoms with van der Waals surface area (Å²) in [5.74, 6) is 0.549. The largest absolute Gasteiger partial charge is 0.493 e. The van der Waals surface area contributed by atoms with Gasteiger partial charge in [-0.25, -0.2) is 0 Å². The van der Waals surface area contributed by atoms with Gasteiger partial charge in [-0.1, -0.05) is 48.5 Å². The Kier molecular flexibility index (Phi) is 2.61. The molecule has 0 amide bonds. The molecule has 0 saturated carbocycles. The highest BCUT2D eigenvalue weighted by atomic mass is 16.5. The van der Waals surface area contributed by atoms with Crippen molar-refractivity contribution in [2.24, 2.45) is 0 Å². The highest BCUT2D eigenvalue weighted by molar-refractivity contribution is 5.21. The van der Waals surface area contributed by atoms with Crippen LogP contribution in [0.4, 0.5) is 0 Å². The molecule has 0 radical (unpaired) electrons. The van der Waals surface area contributed by atoms with Crippen molar-refractivity contribution in [3.05, 3.63) is 66.2 Å². The number of ether oxygens (including phenoxy) is 1. The van der Waals surface area contributed by atoms with Crippen molar-refractivity contribution in [2.45, 2.75) is 6.42 Å². The van der Waals surface area contributed by atoms with Gasteiger partial charge in [0.25, 0.3) is 0 Å². The fraction of sp³-hybridized carbons (Fsp3) is 0.143. The lowest BCUT2D eigenvalue weighted by Gasteiger charge is -2.05. The third-order valence-corrected chi connectivity index (χ3v) is 2.05. The summed E-state index contributed by atoms with van der Waals surface area (Å²) in [4.78, 5) is 0. The quantitative estimate of drug-likeness (QED) is 0.735. The average molecular weight is 200 g/mol. The highest BCUT2D eigenvalue weighted by Gasteiger charge is 1.93. The minimum absolute atomic E-state index is 0.239. The van der Waals surface area contributed by atoms with E-state index in [1.165, 1.54) is 0 Å². The summed E-state index contributed by atoms with van der Waals surface area (Å²) >= 11 is 0. The lowest BCUT2D eigenvalue weighted by molar-refractivity contribution is 0.322. The van der Waals surface area contributed by atoms with Crippen LogP contribution in [0.1, 0.15) is 8.30 Å². The van der Waals surface area contributed by atoms with Gasteiger partial charge in [-0.2, -0.15) is 0 Å². The molecule has 0 aliphatic rings. The van der Waals surface area contributed by atoms with Crippen LogP contribution in [0, 0.1) is 0 Å². The first-order valence-corrected chi connectivity index (χ1v) is 4.94. The Morgan fingerprint density at radius 1 is 0.867 bits per heavy atom. The van der Waals surface area contributed by atoms with Crippen LogP contribution in [-0.2, 0) is 6.42 Å². The number of para-hydroxylation sites is 1. The molecule has 0 atom stereocenters. The molecule has 1 nitrogen and oxygen atoms in total. The van der Waals surface area contributed by atoms with Crippen LogP contribution >= 0.6 is 0 Å². The molecule has 0 aliphatic heterocycles. The molecule has 1 heteroatoms.